The minimum atomic E-state index is -3.67. The molecular weight excluding hydrogens is 374 g/mol. The van der Waals surface area contributed by atoms with Gasteiger partial charge in [0.05, 0.1) is 22.8 Å². The lowest BCUT2D eigenvalue weighted by Gasteiger charge is -2.40. The van der Waals surface area contributed by atoms with Crippen LogP contribution in [0.3, 0.4) is 0 Å². The summed E-state index contributed by atoms with van der Waals surface area (Å²) >= 11 is 0. The van der Waals surface area contributed by atoms with Crippen LogP contribution < -0.4 is 14.1 Å². The van der Waals surface area contributed by atoms with E-state index < -0.39 is 10.0 Å². The number of fused-ring (bicyclic) bond motifs is 4. The van der Waals surface area contributed by atoms with Crippen LogP contribution >= 0.6 is 0 Å². The van der Waals surface area contributed by atoms with E-state index >= 15 is 0 Å². The van der Waals surface area contributed by atoms with E-state index in [2.05, 4.69) is 4.90 Å². The smallest absolute Gasteiger partial charge is 0.264 e. The zero-order valence-corrected chi connectivity index (χ0v) is 16.7. The third kappa shape index (κ3) is 2.53. The molecule has 2 aromatic carbocycles. The van der Waals surface area contributed by atoms with Crippen molar-refractivity contribution in [1.29, 1.82) is 0 Å². The highest BCUT2D eigenvalue weighted by atomic mass is 32.2. The number of carbonyl (C=O) groups is 1. The fourth-order valence-electron chi connectivity index (χ4n) is 4.77. The number of benzene rings is 2. The largest absolute Gasteiger partial charge is 0.365 e. The Kier molecular flexibility index (Phi) is 3.91. The van der Waals surface area contributed by atoms with Crippen molar-refractivity contribution in [2.75, 3.05) is 33.7 Å². The highest BCUT2D eigenvalue weighted by Crippen LogP contribution is 2.42. The fourth-order valence-corrected chi connectivity index (χ4v) is 6.34. The molecule has 1 unspecified atom stereocenters. The lowest BCUT2D eigenvalue weighted by molar-refractivity contribution is -0.116. The molecule has 0 N–H and O–H groups in total. The van der Waals surface area contributed by atoms with Crippen molar-refractivity contribution in [2.45, 2.75) is 37.1 Å². The molecule has 1 saturated heterocycles. The summed E-state index contributed by atoms with van der Waals surface area (Å²) < 4.78 is 28.7. The summed E-state index contributed by atoms with van der Waals surface area (Å²) in [5.74, 6) is -0.0133. The molecule has 7 heteroatoms. The van der Waals surface area contributed by atoms with Crippen LogP contribution in [-0.2, 0) is 21.2 Å². The molecule has 0 spiro atoms. The predicted molar refractivity (Wildman–Crippen MR) is 110 cm³/mol. The van der Waals surface area contributed by atoms with Crippen molar-refractivity contribution < 1.29 is 13.2 Å². The Morgan fingerprint density at radius 2 is 1.82 bits per heavy atom. The summed E-state index contributed by atoms with van der Waals surface area (Å²) in [5.41, 5.74) is 3.51. The maximum absolute atomic E-state index is 13.6. The number of rotatable bonds is 2. The van der Waals surface area contributed by atoms with E-state index in [4.69, 9.17) is 0 Å². The van der Waals surface area contributed by atoms with Gasteiger partial charge in [0.15, 0.2) is 0 Å². The summed E-state index contributed by atoms with van der Waals surface area (Å²) in [6, 6.07) is 13.2. The number of hydrogen-bond acceptors (Lipinski definition) is 4. The van der Waals surface area contributed by atoms with E-state index in [1.165, 1.54) is 6.92 Å². The zero-order chi connectivity index (χ0) is 19.5. The molecule has 5 rings (SSSR count). The topological polar surface area (TPSA) is 60.9 Å². The molecule has 3 aliphatic rings. The Bertz CT molecular complexity index is 1070. The van der Waals surface area contributed by atoms with Crippen molar-refractivity contribution in [3.8, 4) is 0 Å². The van der Waals surface area contributed by atoms with Crippen LogP contribution in [-0.4, -0.2) is 40.0 Å². The first kappa shape index (κ1) is 17.6. The number of anilines is 3. The van der Waals surface area contributed by atoms with Gasteiger partial charge in [-0.3, -0.25) is 9.10 Å². The van der Waals surface area contributed by atoms with E-state index in [-0.39, 0.29) is 11.9 Å². The third-order valence-electron chi connectivity index (χ3n) is 6.13. The molecule has 0 aromatic heterocycles. The second-order valence-electron chi connectivity index (χ2n) is 7.73. The summed E-state index contributed by atoms with van der Waals surface area (Å²) in [7, 11) is -3.67. The SMILES string of the molecule is CC(=O)N1CCc2cc(S(=O)(=O)N3CC4CCCN4c4ccccc43)ccc21. The normalized spacial score (nSPS) is 20.8. The van der Waals surface area contributed by atoms with Crippen LogP contribution in [0.4, 0.5) is 17.1 Å². The van der Waals surface area contributed by atoms with Crippen LogP contribution in [0.25, 0.3) is 0 Å². The minimum absolute atomic E-state index is 0.0133. The molecular formula is C21H23N3O3S. The Hall–Kier alpha value is -2.54. The molecule has 28 heavy (non-hydrogen) atoms. The van der Waals surface area contributed by atoms with Crippen LogP contribution in [0, 0.1) is 0 Å². The molecule has 0 bridgehead atoms. The molecule has 1 atom stereocenters. The molecule has 3 aliphatic heterocycles. The second-order valence-corrected chi connectivity index (χ2v) is 9.59. The summed E-state index contributed by atoms with van der Waals surface area (Å²) in [6.07, 6.45) is 2.79. The lowest BCUT2D eigenvalue weighted by Crippen LogP contribution is -2.48. The molecule has 0 saturated carbocycles. The van der Waals surface area contributed by atoms with Crippen LogP contribution in [0.2, 0.25) is 0 Å². The van der Waals surface area contributed by atoms with Gasteiger partial charge >= 0.3 is 0 Å². The van der Waals surface area contributed by atoms with Crippen LogP contribution in [0.1, 0.15) is 25.3 Å². The van der Waals surface area contributed by atoms with Gasteiger partial charge in [0.1, 0.15) is 0 Å². The Morgan fingerprint density at radius 1 is 1.04 bits per heavy atom. The Morgan fingerprint density at radius 3 is 2.61 bits per heavy atom. The van der Waals surface area contributed by atoms with Gasteiger partial charge < -0.3 is 9.80 Å². The summed E-state index contributed by atoms with van der Waals surface area (Å²) in [5, 5.41) is 0. The van der Waals surface area contributed by atoms with Crippen molar-refractivity contribution in [2.24, 2.45) is 0 Å². The van der Waals surface area contributed by atoms with Gasteiger partial charge in [-0.25, -0.2) is 8.42 Å². The summed E-state index contributed by atoms with van der Waals surface area (Å²) in [4.78, 5) is 16.1. The van der Waals surface area contributed by atoms with Crippen molar-refractivity contribution >= 4 is 33.0 Å². The number of amides is 1. The van der Waals surface area contributed by atoms with E-state index in [0.717, 1.165) is 42.0 Å². The van der Waals surface area contributed by atoms with Crippen LogP contribution in [0.5, 0.6) is 0 Å². The molecule has 3 heterocycles. The monoisotopic (exact) mass is 397 g/mol. The third-order valence-corrected chi connectivity index (χ3v) is 7.90. The van der Waals surface area contributed by atoms with E-state index in [9.17, 15) is 13.2 Å². The van der Waals surface area contributed by atoms with E-state index in [1.54, 1.807) is 27.4 Å². The second kappa shape index (κ2) is 6.24. The lowest BCUT2D eigenvalue weighted by atomic mass is 10.1. The van der Waals surface area contributed by atoms with Gasteiger partial charge in [-0.2, -0.15) is 0 Å². The maximum Gasteiger partial charge on any atom is 0.264 e. The van der Waals surface area contributed by atoms with E-state index in [1.807, 2.05) is 24.3 Å². The highest BCUT2D eigenvalue weighted by molar-refractivity contribution is 7.92. The number of para-hydroxylation sites is 2. The molecule has 0 aliphatic carbocycles. The number of carbonyl (C=O) groups excluding carboxylic acids is 1. The number of hydrogen-bond donors (Lipinski definition) is 0. The van der Waals surface area contributed by atoms with Gasteiger partial charge in [0.25, 0.3) is 10.0 Å². The predicted octanol–water partition coefficient (Wildman–Crippen LogP) is 2.77. The van der Waals surface area contributed by atoms with Gasteiger partial charge in [-0.15, -0.1) is 0 Å². The quantitative estimate of drug-likeness (QED) is 0.782. The molecule has 2 aromatic rings. The fraction of sp³-hybridized carbons (Fsp3) is 0.381. The molecule has 1 fully saturated rings. The standard InChI is InChI=1S/C21H23N3O3S/c1-15(25)22-12-10-16-13-18(8-9-19(16)22)28(26,27)24-14-17-5-4-11-23(17)20-6-2-3-7-21(20)24/h2-3,6-9,13,17H,4-5,10-12,14H2,1H3. The van der Waals surface area contributed by atoms with Gasteiger partial charge in [-0.1, -0.05) is 12.1 Å². The number of sulfonamides is 1. The maximum atomic E-state index is 13.6. The molecule has 6 nitrogen and oxygen atoms in total. The van der Waals surface area contributed by atoms with Crippen LogP contribution in [0.15, 0.2) is 47.4 Å². The van der Waals surface area contributed by atoms with Gasteiger partial charge in [0.2, 0.25) is 5.91 Å². The van der Waals surface area contributed by atoms with E-state index in [0.29, 0.717) is 24.4 Å². The first-order chi connectivity index (χ1) is 13.5. The minimum Gasteiger partial charge on any atom is -0.365 e. The first-order valence-corrected chi connectivity index (χ1v) is 11.2. The highest BCUT2D eigenvalue weighted by Gasteiger charge is 2.39. The van der Waals surface area contributed by atoms with Crippen molar-refractivity contribution in [3.63, 3.8) is 0 Å². The van der Waals surface area contributed by atoms with Gasteiger partial charge in [0, 0.05) is 31.7 Å². The average molecular weight is 398 g/mol. The Labute approximate surface area is 165 Å². The van der Waals surface area contributed by atoms with Crippen molar-refractivity contribution in [3.05, 3.63) is 48.0 Å². The average Bonchev–Trinajstić information content (AvgIpc) is 3.33. The summed E-state index contributed by atoms with van der Waals surface area (Å²) in [6.45, 7) is 3.61. The Balaban J connectivity index is 1.56. The molecule has 0 radical (unpaired) electrons. The van der Waals surface area contributed by atoms with Crippen molar-refractivity contribution in [1.82, 2.24) is 0 Å². The number of nitrogens with zero attached hydrogens (tertiary/aromatic N) is 3. The molecule has 1 amide bonds. The zero-order valence-electron chi connectivity index (χ0n) is 15.8. The van der Waals surface area contributed by atoms with Gasteiger partial charge in [-0.05, 0) is 55.2 Å². The molecule has 146 valence electrons. The first-order valence-electron chi connectivity index (χ1n) is 9.76.